The van der Waals surface area contributed by atoms with E-state index in [0.29, 0.717) is 16.5 Å². The summed E-state index contributed by atoms with van der Waals surface area (Å²) in [6.45, 7) is 3.34. The molecule has 3 rings (SSSR count). The van der Waals surface area contributed by atoms with Crippen LogP contribution in [0.15, 0.2) is 42.5 Å². The maximum absolute atomic E-state index is 12.8. The number of primary amides is 1. The van der Waals surface area contributed by atoms with Crippen molar-refractivity contribution in [2.45, 2.75) is 26.2 Å². The first kappa shape index (κ1) is 21.5. The van der Waals surface area contributed by atoms with Gasteiger partial charge in [0.15, 0.2) is 0 Å². The average Bonchev–Trinajstić information content (AvgIpc) is 2.70. The Morgan fingerprint density at radius 3 is 2.52 bits per heavy atom. The third-order valence-corrected chi connectivity index (χ3v) is 5.98. The summed E-state index contributed by atoms with van der Waals surface area (Å²) >= 11 is 12.2. The molecule has 0 radical (unpaired) electrons. The number of piperidine rings is 1. The highest BCUT2D eigenvalue weighted by Crippen LogP contribution is 2.30. The molecule has 0 bridgehead atoms. The molecule has 1 aliphatic rings. The van der Waals surface area contributed by atoms with Crippen molar-refractivity contribution in [3.63, 3.8) is 0 Å². The fourth-order valence-corrected chi connectivity index (χ4v) is 4.11. The summed E-state index contributed by atoms with van der Waals surface area (Å²) < 4.78 is 0. The standard InChI is InChI=1S/C22H25Cl2N3O2/c1-14(12-16-6-7-17(23)13-18(16)24)22(29)26-19-4-2-3-5-20(19)27-10-8-15(9-11-27)21(25)28/h2-7,13-15H,8-12H2,1H3,(H2,25,28)(H,26,29). The highest BCUT2D eigenvalue weighted by molar-refractivity contribution is 6.35. The monoisotopic (exact) mass is 433 g/mol. The topological polar surface area (TPSA) is 75.4 Å². The van der Waals surface area contributed by atoms with Crippen LogP contribution < -0.4 is 16.0 Å². The van der Waals surface area contributed by atoms with Gasteiger partial charge in [-0.3, -0.25) is 9.59 Å². The molecule has 29 heavy (non-hydrogen) atoms. The number of nitrogens with two attached hydrogens (primary N) is 1. The first-order valence-electron chi connectivity index (χ1n) is 9.73. The lowest BCUT2D eigenvalue weighted by Gasteiger charge is -2.33. The normalized spacial score (nSPS) is 15.8. The van der Waals surface area contributed by atoms with Crippen molar-refractivity contribution in [2.24, 2.45) is 17.6 Å². The second-order valence-electron chi connectivity index (χ2n) is 7.51. The summed E-state index contributed by atoms with van der Waals surface area (Å²) in [6, 6.07) is 13.0. The number of hydrogen-bond donors (Lipinski definition) is 2. The summed E-state index contributed by atoms with van der Waals surface area (Å²) in [5.74, 6) is -0.643. The molecule has 1 saturated heterocycles. The summed E-state index contributed by atoms with van der Waals surface area (Å²) in [6.07, 6.45) is 1.97. The predicted molar refractivity (Wildman–Crippen MR) is 119 cm³/mol. The molecule has 2 aromatic rings. The van der Waals surface area contributed by atoms with Gasteiger partial charge >= 0.3 is 0 Å². The van der Waals surface area contributed by atoms with Crippen molar-refractivity contribution in [1.29, 1.82) is 0 Å². The molecule has 1 heterocycles. The van der Waals surface area contributed by atoms with Crippen LogP contribution in [0, 0.1) is 11.8 Å². The van der Waals surface area contributed by atoms with Crippen molar-refractivity contribution < 1.29 is 9.59 Å². The molecule has 1 aliphatic heterocycles. The van der Waals surface area contributed by atoms with Crippen LogP contribution in [0.3, 0.4) is 0 Å². The number of hydrogen-bond acceptors (Lipinski definition) is 3. The minimum Gasteiger partial charge on any atom is -0.370 e. The van der Waals surface area contributed by atoms with E-state index in [-0.39, 0.29) is 23.7 Å². The fourth-order valence-electron chi connectivity index (χ4n) is 3.63. The molecule has 1 unspecified atom stereocenters. The van der Waals surface area contributed by atoms with E-state index >= 15 is 0 Å². The third-order valence-electron chi connectivity index (χ3n) is 5.39. The molecule has 0 spiro atoms. The number of nitrogens with zero attached hydrogens (tertiary/aromatic N) is 1. The lowest BCUT2D eigenvalue weighted by Crippen LogP contribution is -2.39. The van der Waals surface area contributed by atoms with E-state index in [0.717, 1.165) is 42.9 Å². The Balaban J connectivity index is 1.67. The number of carbonyl (C=O) groups is 2. The number of anilines is 2. The van der Waals surface area contributed by atoms with E-state index in [2.05, 4.69) is 10.2 Å². The van der Waals surface area contributed by atoms with Gasteiger partial charge in [-0.2, -0.15) is 0 Å². The van der Waals surface area contributed by atoms with Gasteiger partial charge in [-0.1, -0.05) is 48.3 Å². The molecule has 154 valence electrons. The lowest BCUT2D eigenvalue weighted by molar-refractivity contribution is -0.122. The highest BCUT2D eigenvalue weighted by Gasteiger charge is 2.25. The maximum Gasteiger partial charge on any atom is 0.227 e. The van der Waals surface area contributed by atoms with Crippen molar-refractivity contribution in [1.82, 2.24) is 0 Å². The molecular weight excluding hydrogens is 409 g/mol. The second-order valence-corrected chi connectivity index (χ2v) is 8.35. The van der Waals surface area contributed by atoms with Crippen LogP contribution in [0.25, 0.3) is 0 Å². The Morgan fingerprint density at radius 2 is 1.86 bits per heavy atom. The molecule has 0 aliphatic carbocycles. The van der Waals surface area contributed by atoms with E-state index in [9.17, 15) is 9.59 Å². The largest absolute Gasteiger partial charge is 0.370 e. The van der Waals surface area contributed by atoms with Gasteiger partial charge in [-0.15, -0.1) is 0 Å². The zero-order valence-corrected chi connectivity index (χ0v) is 17.8. The maximum atomic E-state index is 12.8. The molecule has 7 heteroatoms. The minimum atomic E-state index is -0.262. The van der Waals surface area contributed by atoms with Crippen LogP contribution in [-0.2, 0) is 16.0 Å². The number of carbonyl (C=O) groups excluding carboxylic acids is 2. The summed E-state index contributed by atoms with van der Waals surface area (Å²) in [7, 11) is 0. The summed E-state index contributed by atoms with van der Waals surface area (Å²) in [4.78, 5) is 26.4. The van der Waals surface area contributed by atoms with Crippen LogP contribution >= 0.6 is 23.2 Å². The molecule has 0 saturated carbocycles. The van der Waals surface area contributed by atoms with Crippen LogP contribution in [0.5, 0.6) is 0 Å². The van der Waals surface area contributed by atoms with Crippen molar-refractivity contribution in [3.05, 3.63) is 58.1 Å². The zero-order chi connectivity index (χ0) is 21.0. The molecule has 1 atom stereocenters. The van der Waals surface area contributed by atoms with E-state index in [4.69, 9.17) is 28.9 Å². The third kappa shape index (κ3) is 5.43. The van der Waals surface area contributed by atoms with Crippen LogP contribution in [0.2, 0.25) is 10.0 Å². The number of amides is 2. The van der Waals surface area contributed by atoms with Gasteiger partial charge in [0.2, 0.25) is 11.8 Å². The van der Waals surface area contributed by atoms with Gasteiger partial charge in [0.25, 0.3) is 0 Å². The van der Waals surface area contributed by atoms with Gasteiger partial charge < -0.3 is 16.0 Å². The smallest absolute Gasteiger partial charge is 0.227 e. The zero-order valence-electron chi connectivity index (χ0n) is 16.3. The Morgan fingerprint density at radius 1 is 1.17 bits per heavy atom. The number of para-hydroxylation sites is 2. The second kappa shape index (κ2) is 9.51. The highest BCUT2D eigenvalue weighted by atomic mass is 35.5. The molecule has 2 aromatic carbocycles. The first-order chi connectivity index (χ1) is 13.8. The number of rotatable bonds is 6. The van der Waals surface area contributed by atoms with Gasteiger partial charge in [0.1, 0.15) is 0 Å². The SMILES string of the molecule is CC(Cc1ccc(Cl)cc1Cl)C(=O)Nc1ccccc1N1CCC(C(N)=O)CC1. The lowest BCUT2D eigenvalue weighted by atomic mass is 9.95. The van der Waals surface area contributed by atoms with Crippen molar-refractivity contribution in [2.75, 3.05) is 23.3 Å². The number of nitrogens with one attached hydrogen (secondary N) is 1. The molecule has 0 aromatic heterocycles. The molecule has 3 N–H and O–H groups in total. The molecule has 2 amide bonds. The minimum absolute atomic E-state index is 0.0721. The predicted octanol–water partition coefficient (Wildman–Crippen LogP) is 4.51. The van der Waals surface area contributed by atoms with Gasteiger partial charge in [0, 0.05) is 35.0 Å². The van der Waals surface area contributed by atoms with Gasteiger partial charge in [-0.25, -0.2) is 0 Å². The molecular formula is C22H25Cl2N3O2. The average molecular weight is 434 g/mol. The van der Waals surface area contributed by atoms with Crippen LogP contribution in [0.1, 0.15) is 25.3 Å². The van der Waals surface area contributed by atoms with Crippen molar-refractivity contribution in [3.8, 4) is 0 Å². The molecule has 1 fully saturated rings. The number of benzene rings is 2. The van der Waals surface area contributed by atoms with E-state index in [1.165, 1.54) is 0 Å². The van der Waals surface area contributed by atoms with Gasteiger partial charge in [-0.05, 0) is 49.1 Å². The van der Waals surface area contributed by atoms with E-state index in [1.807, 2.05) is 37.3 Å². The van der Waals surface area contributed by atoms with E-state index < -0.39 is 0 Å². The summed E-state index contributed by atoms with van der Waals surface area (Å²) in [5, 5.41) is 4.19. The van der Waals surface area contributed by atoms with Gasteiger partial charge in [0.05, 0.1) is 11.4 Å². The molecule has 5 nitrogen and oxygen atoms in total. The van der Waals surface area contributed by atoms with Crippen molar-refractivity contribution >= 4 is 46.4 Å². The summed E-state index contributed by atoms with van der Waals surface area (Å²) in [5.41, 5.74) is 8.05. The fraction of sp³-hybridized carbons (Fsp3) is 0.364. The van der Waals surface area contributed by atoms with E-state index in [1.54, 1.807) is 12.1 Å². The van der Waals surface area contributed by atoms with Crippen LogP contribution in [0.4, 0.5) is 11.4 Å². The number of halogens is 2. The Labute approximate surface area is 181 Å². The Kier molecular flexibility index (Phi) is 7.04. The quantitative estimate of drug-likeness (QED) is 0.703. The Bertz CT molecular complexity index is 895. The first-order valence-corrected chi connectivity index (χ1v) is 10.5. The Hall–Kier alpha value is -2.24. The van der Waals surface area contributed by atoms with Crippen LogP contribution in [-0.4, -0.2) is 24.9 Å².